The van der Waals surface area contributed by atoms with E-state index in [1.165, 1.54) is 0 Å². The lowest BCUT2D eigenvalue weighted by atomic mass is 10.1. The molecular weight excluding hydrogens is 237 g/mol. The summed E-state index contributed by atoms with van der Waals surface area (Å²) in [4.78, 5) is 0. The van der Waals surface area contributed by atoms with Gasteiger partial charge in [0.2, 0.25) is 0 Å². The van der Waals surface area contributed by atoms with Crippen molar-refractivity contribution in [3.8, 4) is 0 Å². The molecule has 15 heavy (non-hydrogen) atoms. The van der Waals surface area contributed by atoms with Crippen molar-refractivity contribution >= 4 is 24.8 Å². The number of aryl methyl sites for hydroxylation is 1. The van der Waals surface area contributed by atoms with Gasteiger partial charge in [-0.1, -0.05) is 0 Å². The minimum atomic E-state index is 0. The average Bonchev–Trinajstić information content (AvgIpc) is 2.19. The molecule has 1 saturated heterocycles. The number of morpholine rings is 1. The number of halogens is 2. The van der Waals surface area contributed by atoms with E-state index in [1.54, 1.807) is 6.20 Å². The van der Waals surface area contributed by atoms with Gasteiger partial charge in [-0.3, -0.25) is 0 Å². The molecule has 1 aromatic rings. The molecule has 1 N–H and O–H groups in total. The summed E-state index contributed by atoms with van der Waals surface area (Å²) in [5.74, 6) is 0. The van der Waals surface area contributed by atoms with Gasteiger partial charge in [-0.15, -0.1) is 24.8 Å². The van der Waals surface area contributed by atoms with E-state index < -0.39 is 0 Å². The molecule has 0 aromatic carbocycles. The minimum absolute atomic E-state index is 0. The Labute approximate surface area is 102 Å². The van der Waals surface area contributed by atoms with Crippen LogP contribution in [0, 0.1) is 6.92 Å². The molecule has 0 radical (unpaired) electrons. The lowest BCUT2D eigenvalue weighted by molar-refractivity contribution is 0.0273. The molecule has 0 amide bonds. The molecule has 1 aliphatic heterocycles. The van der Waals surface area contributed by atoms with Crippen LogP contribution in [0.25, 0.3) is 0 Å². The van der Waals surface area contributed by atoms with Crippen LogP contribution in [0.4, 0.5) is 0 Å². The van der Waals surface area contributed by atoms with Crippen LogP contribution in [0.2, 0.25) is 0 Å². The zero-order valence-corrected chi connectivity index (χ0v) is 10.1. The molecule has 86 valence electrons. The quantitative estimate of drug-likeness (QED) is 0.818. The third-order valence-electron chi connectivity index (χ3n) is 2.10. The molecule has 0 bridgehead atoms. The van der Waals surface area contributed by atoms with Crippen LogP contribution < -0.4 is 5.32 Å². The second kappa shape index (κ2) is 6.95. The molecular formula is C9H15Cl2N3O. The number of nitrogens with zero attached hydrogens (tertiary/aromatic N) is 2. The summed E-state index contributed by atoms with van der Waals surface area (Å²) in [5.41, 5.74) is 2.05. The fourth-order valence-electron chi connectivity index (χ4n) is 1.45. The SMILES string of the molecule is Cc1cc(C2CNCCO2)cnn1.Cl.Cl. The molecule has 0 spiro atoms. The number of hydrogen-bond acceptors (Lipinski definition) is 4. The topological polar surface area (TPSA) is 47.0 Å². The van der Waals surface area contributed by atoms with Crippen molar-refractivity contribution in [1.29, 1.82) is 0 Å². The van der Waals surface area contributed by atoms with Crippen LogP contribution in [-0.4, -0.2) is 29.9 Å². The van der Waals surface area contributed by atoms with Gasteiger partial charge in [0.15, 0.2) is 0 Å². The first kappa shape index (κ1) is 14.6. The van der Waals surface area contributed by atoms with Crippen LogP contribution in [0.5, 0.6) is 0 Å². The van der Waals surface area contributed by atoms with Crippen LogP contribution >= 0.6 is 24.8 Å². The Morgan fingerprint density at radius 2 is 2.27 bits per heavy atom. The zero-order valence-electron chi connectivity index (χ0n) is 8.47. The third kappa shape index (κ3) is 3.91. The van der Waals surface area contributed by atoms with Gasteiger partial charge in [0.05, 0.1) is 24.6 Å². The molecule has 4 nitrogen and oxygen atoms in total. The van der Waals surface area contributed by atoms with E-state index >= 15 is 0 Å². The minimum Gasteiger partial charge on any atom is -0.371 e. The third-order valence-corrected chi connectivity index (χ3v) is 2.10. The van der Waals surface area contributed by atoms with Crippen LogP contribution in [0.15, 0.2) is 12.3 Å². The maximum absolute atomic E-state index is 5.59. The highest BCUT2D eigenvalue weighted by Crippen LogP contribution is 2.17. The van der Waals surface area contributed by atoms with Crippen molar-refractivity contribution in [2.45, 2.75) is 13.0 Å². The highest BCUT2D eigenvalue weighted by atomic mass is 35.5. The maximum Gasteiger partial charge on any atom is 0.0966 e. The van der Waals surface area contributed by atoms with E-state index in [9.17, 15) is 0 Å². The maximum atomic E-state index is 5.59. The van der Waals surface area contributed by atoms with Crippen molar-refractivity contribution in [2.24, 2.45) is 0 Å². The van der Waals surface area contributed by atoms with E-state index in [2.05, 4.69) is 15.5 Å². The fourth-order valence-corrected chi connectivity index (χ4v) is 1.45. The van der Waals surface area contributed by atoms with Gasteiger partial charge in [0, 0.05) is 18.7 Å². The van der Waals surface area contributed by atoms with Gasteiger partial charge in [0.1, 0.15) is 0 Å². The summed E-state index contributed by atoms with van der Waals surface area (Å²) in [6.07, 6.45) is 1.91. The summed E-state index contributed by atoms with van der Waals surface area (Å²) < 4.78 is 5.59. The fraction of sp³-hybridized carbons (Fsp3) is 0.556. The Balaban J connectivity index is 0.000000980. The Hall–Kier alpha value is -0.420. The van der Waals surface area contributed by atoms with Crippen molar-refractivity contribution in [3.63, 3.8) is 0 Å². The van der Waals surface area contributed by atoms with Gasteiger partial charge in [0.25, 0.3) is 0 Å². The lowest BCUT2D eigenvalue weighted by Gasteiger charge is -2.23. The van der Waals surface area contributed by atoms with Crippen molar-refractivity contribution in [1.82, 2.24) is 15.5 Å². The molecule has 2 heterocycles. The van der Waals surface area contributed by atoms with Gasteiger partial charge in [-0.2, -0.15) is 10.2 Å². The van der Waals surface area contributed by atoms with E-state index in [1.807, 2.05) is 13.0 Å². The monoisotopic (exact) mass is 251 g/mol. The summed E-state index contributed by atoms with van der Waals surface area (Å²) >= 11 is 0. The largest absolute Gasteiger partial charge is 0.371 e. The summed E-state index contributed by atoms with van der Waals surface area (Å²) in [6.45, 7) is 4.51. The molecule has 1 atom stereocenters. The Kier molecular flexibility index (Phi) is 6.76. The van der Waals surface area contributed by atoms with E-state index in [0.29, 0.717) is 0 Å². The number of nitrogens with one attached hydrogen (secondary N) is 1. The number of aromatic nitrogens is 2. The first-order valence-corrected chi connectivity index (χ1v) is 4.48. The summed E-state index contributed by atoms with van der Waals surface area (Å²) in [7, 11) is 0. The number of ether oxygens (including phenoxy) is 1. The van der Waals surface area contributed by atoms with E-state index in [4.69, 9.17) is 4.74 Å². The second-order valence-electron chi connectivity index (χ2n) is 3.19. The highest BCUT2D eigenvalue weighted by Gasteiger charge is 2.15. The Morgan fingerprint density at radius 1 is 1.47 bits per heavy atom. The average molecular weight is 252 g/mol. The lowest BCUT2D eigenvalue weighted by Crippen LogP contribution is -2.33. The molecule has 2 rings (SSSR count). The smallest absolute Gasteiger partial charge is 0.0966 e. The van der Waals surface area contributed by atoms with Crippen molar-refractivity contribution in [2.75, 3.05) is 19.7 Å². The molecule has 1 fully saturated rings. The van der Waals surface area contributed by atoms with Gasteiger partial charge >= 0.3 is 0 Å². The normalized spacial score (nSPS) is 19.9. The van der Waals surface area contributed by atoms with Crippen molar-refractivity contribution in [3.05, 3.63) is 23.5 Å². The van der Waals surface area contributed by atoms with Crippen LogP contribution in [0.3, 0.4) is 0 Å². The molecule has 1 aromatic heterocycles. The number of hydrogen-bond donors (Lipinski definition) is 1. The first-order valence-electron chi connectivity index (χ1n) is 4.48. The Morgan fingerprint density at radius 3 is 2.87 bits per heavy atom. The first-order chi connectivity index (χ1) is 6.36. The molecule has 0 saturated carbocycles. The predicted octanol–water partition coefficient (Wildman–Crippen LogP) is 1.29. The Bertz CT molecular complexity index is 292. The van der Waals surface area contributed by atoms with Gasteiger partial charge in [-0.05, 0) is 13.0 Å². The molecule has 0 aliphatic carbocycles. The van der Waals surface area contributed by atoms with E-state index in [-0.39, 0.29) is 30.9 Å². The molecule has 1 unspecified atom stereocenters. The number of rotatable bonds is 1. The predicted molar refractivity (Wildman–Crippen MR) is 62.8 cm³/mol. The van der Waals surface area contributed by atoms with Crippen LogP contribution in [-0.2, 0) is 4.74 Å². The molecule has 6 heteroatoms. The second-order valence-corrected chi connectivity index (χ2v) is 3.19. The molecule has 1 aliphatic rings. The van der Waals surface area contributed by atoms with Gasteiger partial charge < -0.3 is 10.1 Å². The summed E-state index contributed by atoms with van der Waals surface area (Å²) in [5, 5.41) is 11.1. The zero-order chi connectivity index (χ0) is 9.10. The van der Waals surface area contributed by atoms with Crippen molar-refractivity contribution < 1.29 is 4.74 Å². The summed E-state index contributed by atoms with van der Waals surface area (Å²) in [6, 6.07) is 2.02. The van der Waals surface area contributed by atoms with Crippen LogP contribution in [0.1, 0.15) is 17.4 Å². The highest BCUT2D eigenvalue weighted by molar-refractivity contribution is 5.85. The van der Waals surface area contributed by atoms with E-state index in [0.717, 1.165) is 31.0 Å². The van der Waals surface area contributed by atoms with Gasteiger partial charge in [-0.25, -0.2) is 0 Å². The standard InChI is InChI=1S/C9H13N3O.2ClH/c1-7-4-8(5-11-12-7)9-6-10-2-3-13-9;;/h4-5,9-10H,2-3,6H2,1H3;2*1H.